The molecule has 0 bridgehead atoms. The molecule has 1 atom stereocenters. The van der Waals surface area contributed by atoms with Crippen LogP contribution in [0, 0.1) is 11.3 Å². The standard InChI is InChI=1S/C20H17F2N5O3/c21-20(22)11-29-10-17(24)27-19(20)5-6-30-16-4-2-13(7-14(16)19)26-18(28)15-3-1-12(8-23)9-25-15/h1-4,7,9H,5-6,10-11H2,(H2,24,27)(H,26,28)/t19-/m1/s1. The van der Waals surface area contributed by atoms with Gasteiger partial charge in [-0.05, 0) is 30.3 Å². The molecule has 0 saturated heterocycles. The Labute approximate surface area is 170 Å². The van der Waals surface area contributed by atoms with Crippen LogP contribution in [0.2, 0.25) is 0 Å². The summed E-state index contributed by atoms with van der Waals surface area (Å²) in [5.41, 5.74) is 4.62. The number of halogens is 2. The molecule has 2 aliphatic heterocycles. The molecule has 1 aromatic carbocycles. The van der Waals surface area contributed by atoms with Crippen molar-refractivity contribution in [1.82, 2.24) is 4.98 Å². The number of nitrogens with one attached hydrogen (secondary N) is 1. The molecule has 3 heterocycles. The van der Waals surface area contributed by atoms with E-state index < -0.39 is 24.0 Å². The Morgan fingerprint density at radius 3 is 2.87 bits per heavy atom. The number of amides is 1. The lowest BCUT2D eigenvalue weighted by Crippen LogP contribution is -2.49. The molecule has 0 aliphatic carbocycles. The molecule has 3 N–H and O–H groups in total. The average molecular weight is 413 g/mol. The van der Waals surface area contributed by atoms with Gasteiger partial charge in [0.25, 0.3) is 11.8 Å². The van der Waals surface area contributed by atoms with E-state index in [0.717, 1.165) is 0 Å². The molecule has 2 aliphatic rings. The van der Waals surface area contributed by atoms with Crippen LogP contribution in [-0.2, 0) is 10.3 Å². The molecule has 1 spiro atoms. The highest BCUT2D eigenvalue weighted by Gasteiger charge is 2.58. The molecule has 0 unspecified atom stereocenters. The van der Waals surface area contributed by atoms with Crippen LogP contribution in [0.3, 0.4) is 0 Å². The van der Waals surface area contributed by atoms with Gasteiger partial charge in [-0.25, -0.2) is 13.8 Å². The van der Waals surface area contributed by atoms with Crippen molar-refractivity contribution in [3.8, 4) is 11.8 Å². The lowest BCUT2D eigenvalue weighted by atomic mass is 9.79. The zero-order valence-electron chi connectivity index (χ0n) is 15.7. The minimum Gasteiger partial charge on any atom is -0.493 e. The predicted molar refractivity (Wildman–Crippen MR) is 103 cm³/mol. The molecule has 4 rings (SSSR count). The van der Waals surface area contributed by atoms with E-state index in [9.17, 15) is 4.79 Å². The van der Waals surface area contributed by atoms with E-state index in [2.05, 4.69) is 15.3 Å². The number of fused-ring (bicyclic) bond motifs is 2. The smallest absolute Gasteiger partial charge is 0.299 e. The van der Waals surface area contributed by atoms with Crippen molar-refractivity contribution in [3.63, 3.8) is 0 Å². The fraction of sp³-hybridized carbons (Fsp3) is 0.300. The number of nitriles is 1. The van der Waals surface area contributed by atoms with E-state index in [-0.39, 0.29) is 48.2 Å². The third-order valence-electron chi connectivity index (χ3n) is 5.00. The summed E-state index contributed by atoms with van der Waals surface area (Å²) in [6, 6.07) is 9.23. The molecule has 2 aromatic rings. The second-order valence-electron chi connectivity index (χ2n) is 6.97. The van der Waals surface area contributed by atoms with Crippen molar-refractivity contribution in [2.45, 2.75) is 17.9 Å². The first-order valence-electron chi connectivity index (χ1n) is 9.09. The summed E-state index contributed by atoms with van der Waals surface area (Å²) >= 11 is 0. The third-order valence-corrected chi connectivity index (χ3v) is 5.00. The number of amidine groups is 1. The second-order valence-corrected chi connectivity index (χ2v) is 6.97. The van der Waals surface area contributed by atoms with Gasteiger partial charge < -0.3 is 20.5 Å². The zero-order valence-corrected chi connectivity index (χ0v) is 15.7. The Kier molecular flexibility index (Phi) is 4.83. The topological polar surface area (TPSA) is 123 Å². The molecule has 1 amide bonds. The van der Waals surface area contributed by atoms with Crippen molar-refractivity contribution in [2.75, 3.05) is 25.1 Å². The summed E-state index contributed by atoms with van der Waals surface area (Å²) in [7, 11) is 0. The molecular formula is C20H17F2N5O3. The number of pyridine rings is 1. The normalized spacial score (nSPS) is 22.1. The maximum atomic E-state index is 15.1. The fourth-order valence-corrected chi connectivity index (χ4v) is 3.55. The molecule has 0 fully saturated rings. The van der Waals surface area contributed by atoms with Gasteiger partial charge in [0.2, 0.25) is 0 Å². The Morgan fingerprint density at radius 2 is 2.13 bits per heavy atom. The Bertz CT molecular complexity index is 1070. The van der Waals surface area contributed by atoms with Gasteiger partial charge >= 0.3 is 0 Å². The molecule has 30 heavy (non-hydrogen) atoms. The molecule has 1 aromatic heterocycles. The Morgan fingerprint density at radius 1 is 1.30 bits per heavy atom. The third kappa shape index (κ3) is 3.33. The van der Waals surface area contributed by atoms with Gasteiger partial charge in [0.15, 0.2) is 5.54 Å². The maximum Gasteiger partial charge on any atom is 0.299 e. The van der Waals surface area contributed by atoms with Crippen molar-refractivity contribution in [1.29, 1.82) is 5.26 Å². The summed E-state index contributed by atoms with van der Waals surface area (Å²) in [5, 5.41) is 11.5. The number of ether oxygens (including phenoxy) is 2. The maximum absolute atomic E-state index is 15.1. The number of anilines is 1. The van der Waals surface area contributed by atoms with E-state index in [4.69, 9.17) is 20.5 Å². The van der Waals surface area contributed by atoms with Gasteiger partial charge in [-0.15, -0.1) is 0 Å². The Hall–Kier alpha value is -3.58. The molecule has 0 radical (unpaired) electrons. The number of alkyl halides is 2. The van der Waals surface area contributed by atoms with Crippen molar-refractivity contribution in [2.24, 2.45) is 10.7 Å². The lowest BCUT2D eigenvalue weighted by molar-refractivity contribution is -0.129. The van der Waals surface area contributed by atoms with E-state index in [1.165, 1.54) is 36.5 Å². The summed E-state index contributed by atoms with van der Waals surface area (Å²) < 4.78 is 40.8. The van der Waals surface area contributed by atoms with Gasteiger partial charge in [0, 0.05) is 23.9 Å². The average Bonchev–Trinajstić information content (AvgIpc) is 2.84. The molecule has 8 nitrogen and oxygen atoms in total. The first-order chi connectivity index (χ1) is 14.3. The van der Waals surface area contributed by atoms with Crippen LogP contribution in [-0.4, -0.2) is 42.5 Å². The summed E-state index contributed by atoms with van der Waals surface area (Å²) in [6.07, 6.45) is 1.18. The van der Waals surface area contributed by atoms with Crippen LogP contribution < -0.4 is 15.8 Å². The quantitative estimate of drug-likeness (QED) is 0.778. The van der Waals surface area contributed by atoms with Gasteiger partial charge in [-0.1, -0.05) is 0 Å². The monoisotopic (exact) mass is 413 g/mol. The number of carbonyl (C=O) groups excluding carboxylic acids is 1. The van der Waals surface area contributed by atoms with Gasteiger partial charge in [-0.3, -0.25) is 9.79 Å². The molecule has 10 heteroatoms. The SMILES string of the molecule is N#Cc1ccc(C(=O)Nc2ccc3c(c2)[C@@]2(CCO3)N=C(N)COCC2(F)F)nc1. The van der Waals surface area contributed by atoms with Crippen LogP contribution in [0.4, 0.5) is 14.5 Å². The molecule has 0 saturated carbocycles. The summed E-state index contributed by atoms with van der Waals surface area (Å²) in [4.78, 5) is 20.6. The van der Waals surface area contributed by atoms with Gasteiger partial charge in [-0.2, -0.15) is 5.26 Å². The predicted octanol–water partition coefficient (Wildman–Crippen LogP) is 2.21. The van der Waals surface area contributed by atoms with Crippen LogP contribution in [0.5, 0.6) is 5.75 Å². The number of aliphatic imine (C=N–C) groups is 1. The number of rotatable bonds is 2. The zero-order chi connectivity index (χ0) is 21.4. The number of carbonyl (C=O) groups is 1. The number of nitrogens with two attached hydrogens (primary N) is 1. The van der Waals surface area contributed by atoms with Crippen molar-refractivity contribution < 1.29 is 23.0 Å². The highest BCUT2D eigenvalue weighted by atomic mass is 19.3. The fourth-order valence-electron chi connectivity index (χ4n) is 3.55. The van der Waals surface area contributed by atoms with Crippen LogP contribution in [0.15, 0.2) is 41.5 Å². The van der Waals surface area contributed by atoms with Crippen molar-refractivity contribution in [3.05, 3.63) is 53.3 Å². The van der Waals surface area contributed by atoms with Crippen LogP contribution in [0.25, 0.3) is 0 Å². The Balaban J connectivity index is 1.71. The summed E-state index contributed by atoms with van der Waals surface area (Å²) in [6.45, 7) is -0.975. The number of hydrogen-bond donors (Lipinski definition) is 2. The number of benzene rings is 1. The minimum absolute atomic E-state index is 0.0313. The van der Waals surface area contributed by atoms with E-state index in [0.29, 0.717) is 5.56 Å². The van der Waals surface area contributed by atoms with Gasteiger partial charge in [0.1, 0.15) is 36.6 Å². The summed E-state index contributed by atoms with van der Waals surface area (Å²) in [5.74, 6) is -3.67. The van der Waals surface area contributed by atoms with E-state index in [1.54, 1.807) is 0 Å². The van der Waals surface area contributed by atoms with Crippen molar-refractivity contribution >= 4 is 17.4 Å². The van der Waals surface area contributed by atoms with E-state index >= 15 is 8.78 Å². The molecular weight excluding hydrogens is 396 g/mol. The molecule has 154 valence electrons. The lowest BCUT2D eigenvalue weighted by Gasteiger charge is -2.40. The second kappa shape index (κ2) is 7.35. The largest absolute Gasteiger partial charge is 0.493 e. The number of hydrogen-bond acceptors (Lipinski definition) is 7. The number of nitrogens with zero attached hydrogens (tertiary/aromatic N) is 3. The first-order valence-corrected chi connectivity index (χ1v) is 9.09. The van der Waals surface area contributed by atoms with E-state index in [1.807, 2.05) is 6.07 Å². The number of aromatic nitrogens is 1. The van der Waals surface area contributed by atoms with Crippen LogP contribution in [0.1, 0.15) is 28.0 Å². The highest BCUT2D eigenvalue weighted by Crippen LogP contribution is 2.51. The van der Waals surface area contributed by atoms with Crippen LogP contribution >= 0.6 is 0 Å². The first kappa shape index (κ1) is 19.7. The van der Waals surface area contributed by atoms with Gasteiger partial charge in [0.05, 0.1) is 12.2 Å². The highest BCUT2D eigenvalue weighted by molar-refractivity contribution is 6.03. The minimum atomic E-state index is -3.33.